The van der Waals surface area contributed by atoms with E-state index in [0.717, 1.165) is 4.90 Å². The lowest BCUT2D eigenvalue weighted by Crippen LogP contribution is -2.49. The van der Waals surface area contributed by atoms with E-state index in [1.54, 1.807) is 48.0 Å². The molecular weight excluding hydrogens is 507 g/mol. The second-order valence-electron chi connectivity index (χ2n) is 7.79. The fraction of sp³-hybridized carbons (Fsp3) is 0.167. The van der Waals surface area contributed by atoms with E-state index in [9.17, 15) is 17.6 Å². The summed E-state index contributed by atoms with van der Waals surface area (Å²) >= 11 is 2.44. The second-order valence-corrected chi connectivity index (χ2v) is 12.0. The molecule has 3 heterocycles. The van der Waals surface area contributed by atoms with Gasteiger partial charge < -0.3 is 4.90 Å². The van der Waals surface area contributed by atoms with Crippen molar-refractivity contribution in [2.45, 2.75) is 14.0 Å². The van der Waals surface area contributed by atoms with Crippen molar-refractivity contribution in [3.05, 3.63) is 94.5 Å². The van der Waals surface area contributed by atoms with E-state index in [2.05, 4.69) is 5.10 Å². The third kappa shape index (κ3) is 4.90. The molecule has 0 bridgehead atoms. The van der Waals surface area contributed by atoms with Crippen LogP contribution in [0.3, 0.4) is 0 Å². The van der Waals surface area contributed by atoms with Gasteiger partial charge in [0.25, 0.3) is 15.6 Å². The minimum atomic E-state index is -3.53. The molecular formula is C24H21FN4O3S3. The van der Waals surface area contributed by atoms with Crippen molar-refractivity contribution in [2.24, 2.45) is 0 Å². The van der Waals surface area contributed by atoms with Crippen molar-refractivity contribution in [3.8, 4) is 5.69 Å². The van der Waals surface area contributed by atoms with E-state index < -0.39 is 10.0 Å². The van der Waals surface area contributed by atoms with Crippen LogP contribution >= 0.6 is 23.1 Å². The number of nitrogens with zero attached hydrogens (tertiary/aromatic N) is 4. The maximum absolute atomic E-state index is 13.6. The minimum absolute atomic E-state index is 0.294. The van der Waals surface area contributed by atoms with Crippen LogP contribution in [0.25, 0.3) is 5.69 Å². The van der Waals surface area contributed by atoms with Crippen molar-refractivity contribution in [1.82, 2.24) is 14.1 Å². The molecule has 1 aliphatic rings. The van der Waals surface area contributed by atoms with Gasteiger partial charge in [-0.15, -0.1) is 11.3 Å². The lowest BCUT2D eigenvalue weighted by atomic mass is 10.3. The van der Waals surface area contributed by atoms with E-state index in [4.69, 9.17) is 0 Å². The number of sulfonamides is 1. The Kier molecular flexibility index (Phi) is 6.74. The van der Waals surface area contributed by atoms with Gasteiger partial charge in [0.15, 0.2) is 0 Å². The highest BCUT2D eigenvalue weighted by atomic mass is 32.2. The molecule has 0 saturated carbocycles. The Morgan fingerprint density at radius 3 is 2.29 bits per heavy atom. The molecule has 1 fully saturated rings. The molecule has 5 rings (SSSR count). The number of anilines is 1. The van der Waals surface area contributed by atoms with Gasteiger partial charge in [0.1, 0.15) is 14.9 Å². The van der Waals surface area contributed by atoms with Crippen LogP contribution in [-0.2, 0) is 10.0 Å². The van der Waals surface area contributed by atoms with Crippen molar-refractivity contribution in [3.63, 3.8) is 0 Å². The first-order valence-electron chi connectivity index (χ1n) is 10.8. The number of rotatable bonds is 6. The van der Waals surface area contributed by atoms with E-state index in [-0.39, 0.29) is 11.4 Å². The smallest absolute Gasteiger partial charge is 0.287 e. The Labute approximate surface area is 210 Å². The van der Waals surface area contributed by atoms with Crippen LogP contribution in [0.15, 0.2) is 97.1 Å². The molecule has 0 N–H and O–H groups in total. The van der Waals surface area contributed by atoms with Crippen molar-refractivity contribution >= 4 is 38.8 Å². The molecule has 7 nitrogen and oxygen atoms in total. The summed E-state index contributed by atoms with van der Waals surface area (Å²) in [5.41, 5.74) is 0.971. The van der Waals surface area contributed by atoms with E-state index in [1.807, 2.05) is 23.1 Å². The maximum atomic E-state index is 13.6. The van der Waals surface area contributed by atoms with Gasteiger partial charge in [-0.3, -0.25) is 4.79 Å². The molecule has 11 heteroatoms. The summed E-state index contributed by atoms with van der Waals surface area (Å²) in [6.45, 7) is 1.42. The van der Waals surface area contributed by atoms with E-state index in [1.165, 1.54) is 44.2 Å². The van der Waals surface area contributed by atoms with Crippen LogP contribution in [0.4, 0.5) is 10.1 Å². The van der Waals surface area contributed by atoms with Crippen LogP contribution in [0.1, 0.15) is 0 Å². The molecule has 0 spiro atoms. The van der Waals surface area contributed by atoms with Crippen molar-refractivity contribution in [2.75, 3.05) is 31.1 Å². The monoisotopic (exact) mass is 528 g/mol. The summed E-state index contributed by atoms with van der Waals surface area (Å²) < 4.78 is 42.4. The van der Waals surface area contributed by atoms with Gasteiger partial charge in [-0.1, -0.05) is 36.0 Å². The molecule has 180 valence electrons. The highest BCUT2D eigenvalue weighted by Crippen LogP contribution is 2.34. The van der Waals surface area contributed by atoms with Crippen molar-refractivity contribution in [1.29, 1.82) is 0 Å². The Balaban J connectivity index is 1.47. The number of para-hydroxylation sites is 1. The van der Waals surface area contributed by atoms with Gasteiger partial charge in [-0.25, -0.2) is 12.8 Å². The van der Waals surface area contributed by atoms with Crippen molar-refractivity contribution < 1.29 is 12.8 Å². The fourth-order valence-corrected chi connectivity index (χ4v) is 7.37. The van der Waals surface area contributed by atoms with Gasteiger partial charge in [0.2, 0.25) is 0 Å². The molecule has 1 aliphatic heterocycles. The number of halogens is 1. The number of hydrogen-bond donors (Lipinski definition) is 0. The standard InChI is InChI=1S/C24H21FN4O3S3/c25-18-8-10-20(11-9-18)34-23-21(17-26-29(24(23)30)19-5-2-1-3-6-19)27-12-14-28(15-13-27)35(31,32)22-7-4-16-33-22/h1-11,16-17H,12-15H2. The highest BCUT2D eigenvalue weighted by molar-refractivity contribution is 7.99. The van der Waals surface area contributed by atoms with Gasteiger partial charge in [0, 0.05) is 31.1 Å². The van der Waals surface area contributed by atoms with Crippen LogP contribution in [0, 0.1) is 5.82 Å². The van der Waals surface area contributed by atoms with Gasteiger partial charge in [-0.05, 0) is 47.8 Å². The predicted octanol–water partition coefficient (Wildman–Crippen LogP) is 4.10. The average molecular weight is 529 g/mol. The van der Waals surface area contributed by atoms with Crippen LogP contribution in [0.5, 0.6) is 0 Å². The SMILES string of the molecule is O=c1c(Sc2ccc(F)cc2)c(N2CCN(S(=O)(=O)c3cccs3)CC2)cnn1-c1ccccc1. The van der Waals surface area contributed by atoms with Crippen LogP contribution in [-0.4, -0.2) is 48.7 Å². The largest absolute Gasteiger partial charge is 0.367 e. The first-order valence-corrected chi connectivity index (χ1v) is 14.0. The zero-order valence-corrected chi connectivity index (χ0v) is 20.9. The molecule has 0 radical (unpaired) electrons. The number of benzene rings is 2. The third-order valence-electron chi connectivity index (χ3n) is 5.62. The molecule has 0 unspecified atom stereocenters. The van der Waals surface area contributed by atoms with E-state index in [0.29, 0.717) is 46.7 Å². The van der Waals surface area contributed by atoms with Gasteiger partial charge >= 0.3 is 0 Å². The molecule has 4 aromatic rings. The van der Waals surface area contributed by atoms with Gasteiger partial charge in [0.05, 0.1) is 17.6 Å². The zero-order valence-electron chi connectivity index (χ0n) is 18.5. The Bertz CT molecular complexity index is 1470. The molecule has 0 atom stereocenters. The zero-order chi connectivity index (χ0) is 24.4. The Morgan fingerprint density at radius 1 is 0.914 bits per heavy atom. The molecule has 1 saturated heterocycles. The molecule has 2 aromatic heterocycles. The number of hydrogen-bond acceptors (Lipinski definition) is 7. The lowest BCUT2D eigenvalue weighted by molar-refractivity contribution is 0.385. The Morgan fingerprint density at radius 2 is 1.63 bits per heavy atom. The van der Waals surface area contributed by atoms with Crippen LogP contribution < -0.4 is 10.5 Å². The van der Waals surface area contributed by atoms with Gasteiger partial charge in [-0.2, -0.15) is 14.1 Å². The van der Waals surface area contributed by atoms with Crippen LogP contribution in [0.2, 0.25) is 0 Å². The fourth-order valence-electron chi connectivity index (χ4n) is 3.83. The summed E-state index contributed by atoms with van der Waals surface area (Å²) in [4.78, 5) is 16.7. The third-order valence-corrected chi connectivity index (χ3v) is 9.99. The maximum Gasteiger partial charge on any atom is 0.287 e. The summed E-state index contributed by atoms with van der Waals surface area (Å²) in [5, 5.41) is 6.15. The summed E-state index contributed by atoms with van der Waals surface area (Å²) in [6, 6.07) is 18.4. The summed E-state index contributed by atoms with van der Waals surface area (Å²) in [6.07, 6.45) is 1.64. The summed E-state index contributed by atoms with van der Waals surface area (Å²) in [7, 11) is -3.53. The van der Waals surface area contributed by atoms with E-state index >= 15 is 0 Å². The first kappa shape index (κ1) is 23.7. The number of piperazine rings is 1. The predicted molar refractivity (Wildman–Crippen MR) is 136 cm³/mol. The molecule has 0 aliphatic carbocycles. The Hall–Kier alpha value is -2.99. The quantitative estimate of drug-likeness (QED) is 0.375. The highest BCUT2D eigenvalue weighted by Gasteiger charge is 2.30. The lowest BCUT2D eigenvalue weighted by Gasteiger charge is -2.35. The molecule has 2 aromatic carbocycles. The normalized spacial score (nSPS) is 14.8. The molecule has 0 amide bonds. The topological polar surface area (TPSA) is 75.5 Å². The second kappa shape index (κ2) is 9.94. The minimum Gasteiger partial charge on any atom is -0.367 e. The number of aromatic nitrogens is 2. The first-order chi connectivity index (χ1) is 16.9. The average Bonchev–Trinajstić information content (AvgIpc) is 3.43. The summed E-state index contributed by atoms with van der Waals surface area (Å²) in [5.74, 6) is -0.353. The number of thiophene rings is 1. The molecule has 35 heavy (non-hydrogen) atoms.